The Morgan fingerprint density at radius 1 is 1.11 bits per heavy atom. The lowest BCUT2D eigenvalue weighted by Gasteiger charge is -2.26. The summed E-state index contributed by atoms with van der Waals surface area (Å²) in [5.41, 5.74) is 7.38. The molecule has 1 aromatic rings. The summed E-state index contributed by atoms with van der Waals surface area (Å²) in [5.74, 6) is 0. The fraction of sp³-hybridized carbons (Fsp3) is 0.478. The van der Waals surface area contributed by atoms with Crippen LogP contribution in [0.2, 0.25) is 0 Å². The molecule has 5 heteroatoms. The van der Waals surface area contributed by atoms with Crippen LogP contribution in [0.25, 0.3) is 0 Å². The quantitative estimate of drug-likeness (QED) is 0.359. The lowest BCUT2D eigenvalue weighted by atomic mass is 10.1. The molecule has 1 saturated heterocycles. The first-order valence-electron chi connectivity index (χ1n) is 9.93. The number of benzene rings is 1. The predicted molar refractivity (Wildman–Crippen MR) is 109 cm³/mol. The van der Waals surface area contributed by atoms with E-state index < -0.39 is 11.7 Å². The maximum atomic E-state index is 12.9. The van der Waals surface area contributed by atoms with Crippen molar-refractivity contribution in [2.45, 2.75) is 56.5 Å². The van der Waals surface area contributed by atoms with Gasteiger partial charge in [-0.05, 0) is 94.6 Å². The fourth-order valence-electron chi connectivity index (χ4n) is 3.57. The molecule has 0 amide bonds. The van der Waals surface area contributed by atoms with E-state index in [9.17, 15) is 13.2 Å². The molecule has 28 heavy (non-hydrogen) atoms. The van der Waals surface area contributed by atoms with E-state index in [1.54, 1.807) is 13.0 Å². The summed E-state index contributed by atoms with van der Waals surface area (Å²) in [6, 6.07) is 3.95. The Morgan fingerprint density at radius 3 is 2.61 bits per heavy atom. The van der Waals surface area contributed by atoms with Crippen molar-refractivity contribution in [1.82, 2.24) is 4.90 Å². The molecule has 0 saturated carbocycles. The van der Waals surface area contributed by atoms with Crippen LogP contribution in [0.3, 0.4) is 0 Å². The molecule has 1 heterocycles. The third kappa shape index (κ3) is 5.93. The van der Waals surface area contributed by atoms with Crippen molar-refractivity contribution in [3.05, 3.63) is 63.4 Å². The highest BCUT2D eigenvalue weighted by Gasteiger charge is 2.30. The molecule has 150 valence electrons. The van der Waals surface area contributed by atoms with Gasteiger partial charge in [0.05, 0.1) is 5.56 Å². The Bertz CT molecular complexity index is 819. The van der Waals surface area contributed by atoms with Crippen LogP contribution in [0.4, 0.5) is 13.2 Å². The number of hydrogen-bond donors (Lipinski definition) is 0. The van der Waals surface area contributed by atoms with Crippen molar-refractivity contribution < 1.29 is 13.2 Å². The zero-order chi connectivity index (χ0) is 20.0. The second kappa shape index (κ2) is 9.71. The minimum atomic E-state index is -4.30. The molecule has 0 unspecified atom stereocenters. The van der Waals surface area contributed by atoms with Crippen LogP contribution < -0.4 is 0 Å². The Kier molecular flexibility index (Phi) is 7.31. The molecule has 1 aromatic carbocycles. The van der Waals surface area contributed by atoms with Crippen LogP contribution >= 0.6 is 11.8 Å². The highest BCUT2D eigenvalue weighted by molar-refractivity contribution is 8.03. The second-order valence-corrected chi connectivity index (χ2v) is 8.47. The predicted octanol–water partition coefficient (Wildman–Crippen LogP) is 6.90. The summed E-state index contributed by atoms with van der Waals surface area (Å²) in [5, 5.41) is 0. The third-order valence-electron chi connectivity index (χ3n) is 5.16. The lowest BCUT2D eigenvalue weighted by molar-refractivity contribution is -0.137. The summed E-state index contributed by atoms with van der Waals surface area (Å²) >= 11 is 1.52. The van der Waals surface area contributed by atoms with Crippen molar-refractivity contribution in [3.63, 3.8) is 0 Å². The molecule has 0 N–H and O–H groups in total. The van der Waals surface area contributed by atoms with Gasteiger partial charge in [0.25, 0.3) is 0 Å². The number of rotatable bonds is 7. The Morgan fingerprint density at radius 2 is 1.89 bits per heavy atom. The number of unbranched alkanes of at least 4 members (excludes halogenated alkanes) is 1. The lowest BCUT2D eigenvalue weighted by Crippen LogP contribution is -2.30. The fourth-order valence-corrected chi connectivity index (χ4v) is 4.57. The third-order valence-corrected chi connectivity index (χ3v) is 6.44. The largest absolute Gasteiger partial charge is 0.416 e. The number of hydrogen-bond acceptors (Lipinski definition) is 2. The van der Waals surface area contributed by atoms with Gasteiger partial charge in [0, 0.05) is 15.4 Å². The van der Waals surface area contributed by atoms with Gasteiger partial charge in [0.1, 0.15) is 0 Å². The first-order chi connectivity index (χ1) is 13.4. The number of nitrogens with zero attached hydrogens (tertiary/aromatic N) is 1. The minimum absolute atomic E-state index is 0.597. The minimum Gasteiger partial charge on any atom is -0.303 e. The second-order valence-electron chi connectivity index (χ2n) is 7.38. The normalized spacial score (nSPS) is 17.6. The number of likely N-dealkylation sites (tertiary alicyclic amines) is 1. The average Bonchev–Trinajstić information content (AvgIpc) is 2.68. The number of alkyl halides is 3. The summed E-state index contributed by atoms with van der Waals surface area (Å²) < 4.78 is 38.6. The summed E-state index contributed by atoms with van der Waals surface area (Å²) in [6.07, 6.45) is 6.66. The van der Waals surface area contributed by atoms with Gasteiger partial charge in [-0.15, -0.1) is 0 Å². The van der Waals surface area contributed by atoms with Crippen LogP contribution in [0.5, 0.6) is 0 Å². The monoisotopic (exact) mass is 405 g/mol. The standard InChI is InChI=1S/C23H26F3NS/c1-18-17-20(23(24,25)26)12-13-21(18)28-22-11-4-3-9-19(22)10-5-8-16-27-14-6-2-7-15-27/h4,11-13,17H,2,5-8,10,14-16H2,1H3. The van der Waals surface area contributed by atoms with Gasteiger partial charge in [-0.1, -0.05) is 29.6 Å². The summed E-state index contributed by atoms with van der Waals surface area (Å²) in [4.78, 5) is 4.45. The van der Waals surface area contributed by atoms with E-state index in [0.717, 1.165) is 47.2 Å². The van der Waals surface area contributed by atoms with Gasteiger partial charge in [-0.25, -0.2) is 0 Å². The molecule has 1 fully saturated rings. The van der Waals surface area contributed by atoms with Crippen LogP contribution in [-0.2, 0) is 6.18 Å². The average molecular weight is 406 g/mol. The van der Waals surface area contributed by atoms with Gasteiger partial charge in [-0.3, -0.25) is 0 Å². The van der Waals surface area contributed by atoms with Gasteiger partial charge in [0.15, 0.2) is 0 Å². The van der Waals surface area contributed by atoms with E-state index in [1.165, 1.54) is 50.2 Å². The maximum absolute atomic E-state index is 12.9. The van der Waals surface area contributed by atoms with Crippen molar-refractivity contribution in [1.29, 1.82) is 0 Å². The van der Waals surface area contributed by atoms with Gasteiger partial charge >= 0.3 is 6.18 Å². The molecule has 0 spiro atoms. The Labute approximate surface area is 169 Å². The molecule has 1 aliphatic carbocycles. The van der Waals surface area contributed by atoms with E-state index in [-0.39, 0.29) is 0 Å². The molecular weight excluding hydrogens is 379 g/mol. The van der Waals surface area contributed by atoms with E-state index in [0.29, 0.717) is 5.56 Å². The van der Waals surface area contributed by atoms with E-state index in [1.807, 2.05) is 12.2 Å². The van der Waals surface area contributed by atoms with E-state index in [4.69, 9.17) is 0 Å². The Hall–Kier alpha value is -1.64. The highest BCUT2D eigenvalue weighted by Crippen LogP contribution is 2.38. The van der Waals surface area contributed by atoms with Gasteiger partial charge in [-0.2, -0.15) is 13.2 Å². The number of aryl methyl sites for hydroxylation is 1. The molecule has 0 bridgehead atoms. The van der Waals surface area contributed by atoms with Crippen molar-refractivity contribution in [2.24, 2.45) is 0 Å². The number of piperidine rings is 1. The molecule has 1 aliphatic heterocycles. The zero-order valence-corrected chi connectivity index (χ0v) is 17.1. The van der Waals surface area contributed by atoms with Crippen LogP contribution in [0, 0.1) is 6.92 Å². The van der Waals surface area contributed by atoms with Crippen molar-refractivity contribution >= 4 is 11.8 Å². The topological polar surface area (TPSA) is 3.24 Å². The van der Waals surface area contributed by atoms with Crippen molar-refractivity contribution in [2.75, 3.05) is 19.6 Å². The molecule has 1 nitrogen and oxygen atoms in total. The number of thioether (sulfide) groups is 1. The smallest absolute Gasteiger partial charge is 0.303 e. The molecule has 3 rings (SSSR count). The SMILES string of the molecule is Cc1cc(C(F)(F)F)ccc1SC1=CC=C=C=C1CCCCN1CCCCC1. The van der Waals surface area contributed by atoms with Crippen LogP contribution in [-0.4, -0.2) is 24.5 Å². The first kappa shape index (κ1) is 21.1. The molecule has 0 atom stereocenters. The first-order valence-corrected chi connectivity index (χ1v) is 10.7. The van der Waals surface area contributed by atoms with Crippen molar-refractivity contribution in [3.8, 4) is 0 Å². The maximum Gasteiger partial charge on any atom is 0.416 e. The summed E-state index contributed by atoms with van der Waals surface area (Å²) in [6.45, 7) is 5.32. The zero-order valence-electron chi connectivity index (χ0n) is 16.2. The molecule has 0 radical (unpaired) electrons. The number of allylic oxidation sites excluding steroid dienone is 3. The summed E-state index contributed by atoms with van der Waals surface area (Å²) in [7, 11) is 0. The van der Waals surface area contributed by atoms with E-state index in [2.05, 4.69) is 16.4 Å². The van der Waals surface area contributed by atoms with E-state index >= 15 is 0 Å². The Balaban J connectivity index is 1.56. The highest BCUT2D eigenvalue weighted by atomic mass is 32.2. The van der Waals surface area contributed by atoms with Gasteiger partial charge in [0.2, 0.25) is 0 Å². The molecule has 0 aromatic heterocycles. The molecule has 2 aliphatic rings. The number of halogens is 3. The van der Waals surface area contributed by atoms with Crippen LogP contribution in [0.15, 0.2) is 57.2 Å². The van der Waals surface area contributed by atoms with Gasteiger partial charge < -0.3 is 4.90 Å². The van der Waals surface area contributed by atoms with Crippen LogP contribution in [0.1, 0.15) is 49.7 Å². The molecular formula is C23H26F3NS.